The van der Waals surface area contributed by atoms with E-state index in [1.165, 1.54) is 0 Å². The topological polar surface area (TPSA) is 73.6 Å². The van der Waals surface area contributed by atoms with Crippen molar-refractivity contribution in [3.63, 3.8) is 0 Å². The van der Waals surface area contributed by atoms with Crippen molar-refractivity contribution in [2.45, 2.75) is 33.5 Å². The van der Waals surface area contributed by atoms with E-state index in [2.05, 4.69) is 5.32 Å². The Morgan fingerprint density at radius 2 is 1.92 bits per heavy atom. The van der Waals surface area contributed by atoms with Gasteiger partial charge in [-0.15, -0.1) is 12.4 Å². The molecule has 6 heteroatoms. The van der Waals surface area contributed by atoms with Gasteiger partial charge in [0.05, 0.1) is 25.9 Å². The lowest BCUT2D eigenvalue weighted by atomic mass is 10.1. The number of halogens is 1. The second-order valence-electron chi connectivity index (χ2n) is 6.20. The van der Waals surface area contributed by atoms with Crippen LogP contribution < -0.4 is 11.1 Å². The Morgan fingerprint density at radius 3 is 2.65 bits per heavy atom. The molecule has 0 heterocycles. The van der Waals surface area contributed by atoms with E-state index in [0.29, 0.717) is 31.1 Å². The lowest BCUT2D eigenvalue weighted by molar-refractivity contribution is 0.0143. The number of carbonyl (C=O) groups is 1. The van der Waals surface area contributed by atoms with Crippen molar-refractivity contribution in [2.75, 3.05) is 24.3 Å². The third kappa shape index (κ3) is 7.04. The number of hydrogen-bond acceptors (Lipinski definition) is 4. The van der Waals surface area contributed by atoms with E-state index in [1.54, 1.807) is 12.1 Å². The van der Waals surface area contributed by atoms with Crippen molar-refractivity contribution < 1.29 is 14.3 Å². The molecule has 26 heavy (non-hydrogen) atoms. The van der Waals surface area contributed by atoms with Crippen molar-refractivity contribution in [1.82, 2.24) is 0 Å². The summed E-state index contributed by atoms with van der Waals surface area (Å²) in [4.78, 5) is 12.4. The van der Waals surface area contributed by atoms with Crippen molar-refractivity contribution in [3.05, 3.63) is 59.2 Å². The van der Waals surface area contributed by atoms with Crippen LogP contribution >= 0.6 is 12.4 Å². The Morgan fingerprint density at radius 1 is 1.15 bits per heavy atom. The monoisotopic (exact) mass is 378 g/mol. The summed E-state index contributed by atoms with van der Waals surface area (Å²) in [5.74, 6) is -0.173. The van der Waals surface area contributed by atoms with Gasteiger partial charge >= 0.3 is 0 Å². The van der Waals surface area contributed by atoms with Crippen LogP contribution in [0.3, 0.4) is 0 Å². The van der Waals surface area contributed by atoms with Gasteiger partial charge in [0.15, 0.2) is 0 Å². The number of amides is 1. The van der Waals surface area contributed by atoms with Gasteiger partial charge in [0.2, 0.25) is 0 Å². The third-order valence-electron chi connectivity index (χ3n) is 3.64. The molecule has 3 N–H and O–H groups in total. The minimum absolute atomic E-state index is 0. The Hall–Kier alpha value is -2.08. The molecule has 0 saturated heterocycles. The van der Waals surface area contributed by atoms with Crippen molar-refractivity contribution in [3.8, 4) is 0 Å². The van der Waals surface area contributed by atoms with Crippen LogP contribution in [0, 0.1) is 6.92 Å². The highest BCUT2D eigenvalue weighted by atomic mass is 35.5. The Bertz CT molecular complexity index is 720. The zero-order valence-electron chi connectivity index (χ0n) is 15.5. The minimum atomic E-state index is -0.173. The summed E-state index contributed by atoms with van der Waals surface area (Å²) in [7, 11) is 0. The van der Waals surface area contributed by atoms with Gasteiger partial charge in [0.25, 0.3) is 5.91 Å². The molecule has 2 aromatic rings. The predicted octanol–water partition coefficient (Wildman–Crippen LogP) is 4.19. The number of nitrogens with two attached hydrogens (primary N) is 1. The smallest absolute Gasteiger partial charge is 0.256 e. The lowest BCUT2D eigenvalue weighted by Gasteiger charge is -2.11. The van der Waals surface area contributed by atoms with Crippen LogP contribution in [0.4, 0.5) is 11.4 Å². The number of carbonyl (C=O) groups excluding carboxylic acids is 1. The molecule has 0 atom stereocenters. The molecule has 0 aliphatic carbocycles. The maximum atomic E-state index is 12.4. The second-order valence-corrected chi connectivity index (χ2v) is 6.20. The maximum absolute atomic E-state index is 12.4. The fourth-order valence-electron chi connectivity index (χ4n) is 2.35. The largest absolute Gasteiger partial charge is 0.399 e. The molecule has 2 aromatic carbocycles. The number of nitrogen functional groups attached to an aromatic ring is 1. The Labute approximate surface area is 161 Å². The van der Waals surface area contributed by atoms with Gasteiger partial charge in [-0.05, 0) is 56.2 Å². The van der Waals surface area contributed by atoms with E-state index < -0.39 is 0 Å². The minimum Gasteiger partial charge on any atom is -0.399 e. The zero-order chi connectivity index (χ0) is 18.2. The molecule has 0 radical (unpaired) electrons. The second kappa shape index (κ2) is 10.8. The molecule has 0 fully saturated rings. The first-order chi connectivity index (χ1) is 12.0. The number of hydrogen-bond donors (Lipinski definition) is 2. The fourth-order valence-corrected chi connectivity index (χ4v) is 2.35. The van der Waals surface area contributed by atoms with Crippen LogP contribution in [0.5, 0.6) is 0 Å². The van der Waals surface area contributed by atoms with Gasteiger partial charge in [-0.25, -0.2) is 0 Å². The molecule has 0 aromatic heterocycles. The molecular formula is C20H27ClN2O3. The number of nitrogens with one attached hydrogen (secondary N) is 1. The van der Waals surface area contributed by atoms with Crippen molar-refractivity contribution >= 4 is 29.7 Å². The molecule has 0 aliphatic rings. The van der Waals surface area contributed by atoms with E-state index in [9.17, 15) is 4.79 Å². The summed E-state index contributed by atoms with van der Waals surface area (Å²) < 4.78 is 11.0. The van der Waals surface area contributed by atoms with Gasteiger partial charge in [-0.3, -0.25) is 4.79 Å². The molecule has 142 valence electrons. The summed E-state index contributed by atoms with van der Waals surface area (Å²) in [5.41, 5.74) is 9.53. The van der Waals surface area contributed by atoms with Crippen LogP contribution in [-0.4, -0.2) is 25.2 Å². The zero-order valence-corrected chi connectivity index (χ0v) is 16.3. The highest BCUT2D eigenvalue weighted by Gasteiger charge is 2.10. The van der Waals surface area contributed by atoms with Crippen LogP contribution in [0.1, 0.15) is 35.3 Å². The standard InChI is InChI=1S/C20H26N2O3.ClH/c1-14(2)25-10-9-24-13-16-5-4-6-18(11-16)22-20(23)19-12-17(21)8-7-15(19)3;/h4-8,11-12,14H,9-10,13,21H2,1-3H3,(H,22,23);1H. The number of benzene rings is 2. The lowest BCUT2D eigenvalue weighted by Crippen LogP contribution is -2.14. The number of aryl methyl sites for hydroxylation is 1. The van der Waals surface area contributed by atoms with Gasteiger partial charge in [-0.2, -0.15) is 0 Å². The maximum Gasteiger partial charge on any atom is 0.256 e. The van der Waals surface area contributed by atoms with E-state index in [1.807, 2.05) is 51.1 Å². The first-order valence-electron chi connectivity index (χ1n) is 8.41. The van der Waals surface area contributed by atoms with Crippen LogP contribution in [0.2, 0.25) is 0 Å². The first kappa shape index (κ1) is 22.0. The van der Waals surface area contributed by atoms with E-state index in [4.69, 9.17) is 15.2 Å². The van der Waals surface area contributed by atoms with Crippen molar-refractivity contribution in [2.24, 2.45) is 0 Å². The summed E-state index contributed by atoms with van der Waals surface area (Å²) in [6.07, 6.45) is 0.206. The average Bonchev–Trinajstić information content (AvgIpc) is 2.56. The molecule has 1 amide bonds. The summed E-state index contributed by atoms with van der Waals surface area (Å²) in [5, 5.41) is 2.91. The van der Waals surface area contributed by atoms with Crippen LogP contribution in [-0.2, 0) is 16.1 Å². The number of rotatable bonds is 8. The Kier molecular flexibility index (Phi) is 9.13. The Balaban J connectivity index is 0.00000338. The van der Waals surface area contributed by atoms with Crippen LogP contribution in [0.15, 0.2) is 42.5 Å². The normalized spacial score (nSPS) is 10.5. The quantitative estimate of drug-likeness (QED) is 0.533. The SMILES string of the molecule is Cc1ccc(N)cc1C(=O)Nc1cccc(COCCOC(C)C)c1.Cl. The molecule has 0 bridgehead atoms. The summed E-state index contributed by atoms with van der Waals surface area (Å²) in [6, 6.07) is 12.9. The van der Waals surface area contributed by atoms with E-state index in [0.717, 1.165) is 16.8 Å². The number of anilines is 2. The molecule has 2 rings (SSSR count). The molecule has 0 saturated carbocycles. The predicted molar refractivity (Wildman–Crippen MR) is 108 cm³/mol. The molecule has 0 spiro atoms. The number of ether oxygens (including phenoxy) is 2. The van der Waals surface area contributed by atoms with Crippen LogP contribution in [0.25, 0.3) is 0 Å². The molecule has 5 nitrogen and oxygen atoms in total. The molecule has 0 unspecified atom stereocenters. The molecular weight excluding hydrogens is 352 g/mol. The van der Waals surface area contributed by atoms with Gasteiger partial charge in [0, 0.05) is 16.9 Å². The highest BCUT2D eigenvalue weighted by Crippen LogP contribution is 2.17. The van der Waals surface area contributed by atoms with E-state index in [-0.39, 0.29) is 24.4 Å². The summed E-state index contributed by atoms with van der Waals surface area (Å²) >= 11 is 0. The average molecular weight is 379 g/mol. The summed E-state index contributed by atoms with van der Waals surface area (Å²) in [6.45, 7) is 7.46. The third-order valence-corrected chi connectivity index (χ3v) is 3.64. The highest BCUT2D eigenvalue weighted by molar-refractivity contribution is 6.05. The van der Waals surface area contributed by atoms with Gasteiger partial charge < -0.3 is 20.5 Å². The van der Waals surface area contributed by atoms with Gasteiger partial charge in [0.1, 0.15) is 0 Å². The fraction of sp³-hybridized carbons (Fsp3) is 0.350. The first-order valence-corrected chi connectivity index (χ1v) is 8.41. The van der Waals surface area contributed by atoms with Gasteiger partial charge in [-0.1, -0.05) is 18.2 Å². The molecule has 0 aliphatic heterocycles. The van der Waals surface area contributed by atoms with Crippen molar-refractivity contribution in [1.29, 1.82) is 0 Å². The van der Waals surface area contributed by atoms with E-state index >= 15 is 0 Å².